The summed E-state index contributed by atoms with van der Waals surface area (Å²) in [6, 6.07) is 51.9. The molecule has 0 saturated carbocycles. The molecule has 0 unspecified atom stereocenters. The smallest absolute Gasteiger partial charge is 0.343 e. The van der Waals surface area contributed by atoms with Crippen LogP contribution in [0.2, 0.25) is 0 Å². The van der Waals surface area contributed by atoms with Crippen molar-refractivity contribution in [3.63, 3.8) is 0 Å². The summed E-state index contributed by atoms with van der Waals surface area (Å²) >= 11 is 2.04. The summed E-state index contributed by atoms with van der Waals surface area (Å²) < 4.78 is 9.88. The SMILES string of the molecule is Cc1cc2c(cc1N1c3c4c(cc5c3C(C)(C)c3ccccc3-5)-c3cc5ccccc5cc3N(c3cccc5c3oc3ccccc35)B4c3sc4cc5c(cc4c31)C(C)(C)CCC5(C)C)C(C)(C)CCC2(C)C. The summed E-state index contributed by atoms with van der Waals surface area (Å²) in [7, 11) is 0. The average molecular weight is 967 g/mol. The predicted molar refractivity (Wildman–Crippen MR) is 313 cm³/mol. The number of hydrogen-bond donors (Lipinski definition) is 0. The molecule has 2 aromatic heterocycles. The second kappa shape index (κ2) is 14.2. The minimum atomic E-state index is -0.301. The van der Waals surface area contributed by atoms with Crippen LogP contribution in [0.15, 0.2) is 138 Å². The summed E-state index contributed by atoms with van der Waals surface area (Å²) in [4.78, 5) is 5.58. The number of furan rings is 1. The van der Waals surface area contributed by atoms with Gasteiger partial charge in [0.1, 0.15) is 5.58 Å². The molecule has 0 bridgehead atoms. The van der Waals surface area contributed by atoms with Gasteiger partial charge in [-0.2, -0.15) is 0 Å². The molecule has 3 nitrogen and oxygen atoms in total. The van der Waals surface area contributed by atoms with Gasteiger partial charge in [-0.25, -0.2) is 0 Å². The lowest BCUT2D eigenvalue weighted by molar-refractivity contribution is 0.332. The van der Waals surface area contributed by atoms with Crippen LogP contribution >= 0.6 is 11.3 Å². The number of anilines is 5. The fourth-order valence-electron chi connectivity index (χ4n) is 14.9. The Morgan fingerprint density at radius 3 is 1.84 bits per heavy atom. The Balaban J connectivity index is 1.16. The highest BCUT2D eigenvalue weighted by Gasteiger charge is 2.53. The molecule has 360 valence electrons. The van der Waals surface area contributed by atoms with Gasteiger partial charge in [-0.3, -0.25) is 0 Å². The van der Waals surface area contributed by atoms with Crippen LogP contribution < -0.4 is 20.0 Å². The number of nitrogens with zero attached hydrogens (tertiary/aromatic N) is 2. The van der Waals surface area contributed by atoms with Gasteiger partial charge in [0.2, 0.25) is 0 Å². The van der Waals surface area contributed by atoms with Gasteiger partial charge in [0.15, 0.2) is 5.58 Å². The van der Waals surface area contributed by atoms with Crippen LogP contribution in [0.25, 0.3) is 65.1 Å². The Morgan fingerprint density at radius 1 is 0.479 bits per heavy atom. The van der Waals surface area contributed by atoms with Crippen molar-refractivity contribution in [3.05, 3.63) is 172 Å². The fourth-order valence-corrected chi connectivity index (χ4v) is 16.2. The van der Waals surface area contributed by atoms with Crippen LogP contribution in [-0.2, 0) is 27.1 Å². The minimum absolute atomic E-state index is 0.0233. The molecule has 5 heteroatoms. The van der Waals surface area contributed by atoms with Gasteiger partial charge in [0, 0.05) is 53.7 Å². The van der Waals surface area contributed by atoms with Gasteiger partial charge in [0.05, 0.1) is 11.4 Å². The molecule has 5 aliphatic rings. The Labute approximate surface area is 435 Å². The van der Waals surface area contributed by atoms with E-state index >= 15 is 0 Å². The highest BCUT2D eigenvalue weighted by molar-refractivity contribution is 7.32. The molecule has 0 atom stereocenters. The second-order valence-electron chi connectivity index (χ2n) is 25.8. The Kier molecular flexibility index (Phi) is 8.54. The molecule has 15 rings (SSSR count). The Hall–Kier alpha value is -6.56. The zero-order valence-electron chi connectivity index (χ0n) is 44.3. The second-order valence-corrected chi connectivity index (χ2v) is 26.9. The van der Waals surface area contributed by atoms with E-state index in [9.17, 15) is 0 Å². The first-order valence-corrected chi connectivity index (χ1v) is 27.8. The topological polar surface area (TPSA) is 19.6 Å². The van der Waals surface area contributed by atoms with Crippen LogP contribution in [-0.4, -0.2) is 6.85 Å². The summed E-state index contributed by atoms with van der Waals surface area (Å²) in [5.74, 6) is 0. The number of para-hydroxylation sites is 2. The van der Waals surface area contributed by atoms with E-state index in [0.717, 1.165) is 40.5 Å². The summed E-state index contributed by atoms with van der Waals surface area (Å²) in [6.07, 6.45) is 4.68. The Morgan fingerprint density at radius 2 is 1.10 bits per heavy atom. The van der Waals surface area contributed by atoms with Crippen molar-refractivity contribution in [3.8, 4) is 22.3 Å². The normalized spacial score (nSPS) is 18.9. The van der Waals surface area contributed by atoms with Crippen molar-refractivity contribution >= 4 is 99.7 Å². The van der Waals surface area contributed by atoms with E-state index in [1.54, 1.807) is 0 Å². The molecule has 0 amide bonds. The zero-order valence-corrected chi connectivity index (χ0v) is 45.1. The van der Waals surface area contributed by atoms with Gasteiger partial charge < -0.3 is 14.1 Å². The van der Waals surface area contributed by atoms with Crippen LogP contribution in [0.4, 0.5) is 28.4 Å². The molecular formula is C68H63BN2OS. The monoisotopic (exact) mass is 966 g/mol. The molecule has 8 aromatic carbocycles. The predicted octanol–water partition coefficient (Wildman–Crippen LogP) is 18.0. The molecule has 10 aromatic rings. The molecule has 2 aliphatic heterocycles. The van der Waals surface area contributed by atoms with Gasteiger partial charge in [-0.15, -0.1) is 11.3 Å². The molecule has 4 heterocycles. The lowest BCUT2D eigenvalue weighted by Gasteiger charge is -2.47. The lowest BCUT2D eigenvalue weighted by Crippen LogP contribution is -2.61. The maximum Gasteiger partial charge on any atom is 0.343 e. The van der Waals surface area contributed by atoms with Crippen LogP contribution in [0.3, 0.4) is 0 Å². The highest BCUT2D eigenvalue weighted by atomic mass is 32.1. The van der Waals surface area contributed by atoms with Gasteiger partial charge in [-0.1, -0.05) is 154 Å². The summed E-state index contributed by atoms with van der Waals surface area (Å²) in [5.41, 5.74) is 24.9. The van der Waals surface area contributed by atoms with E-state index in [2.05, 4.69) is 219 Å². The number of hydrogen-bond acceptors (Lipinski definition) is 4. The largest absolute Gasteiger partial charge is 0.454 e. The standard InChI is InChI=1S/C68H63BN2OS/c1-38-31-49-51(66(6,7)29-27-64(49,2)3)36-54(38)70-60-47-35-50-52(67(8,9)30-28-65(50,4)5)37-57(47)73-63(60)69-59-46(34-45-41-21-14-16-24-48(41)68(10,11)58(45)61(59)70)44-32-39-19-12-13-20-40(39)33-55(44)71(69)53-25-18-23-43-42-22-15-17-26-56(42)72-62(43)53/h12-26,31-37H,27-30H2,1-11H3. The van der Waals surface area contributed by atoms with E-state index in [0.29, 0.717) is 0 Å². The van der Waals surface area contributed by atoms with E-state index in [-0.39, 0.29) is 33.9 Å². The van der Waals surface area contributed by atoms with Gasteiger partial charge in [0.25, 0.3) is 0 Å². The average Bonchev–Trinajstić information content (AvgIpc) is 4.01. The fraction of sp³-hybridized carbons (Fsp3) is 0.294. The third kappa shape index (κ3) is 5.73. The first kappa shape index (κ1) is 44.0. The van der Waals surface area contributed by atoms with Crippen molar-refractivity contribution in [2.45, 2.75) is 129 Å². The third-order valence-corrected chi connectivity index (χ3v) is 20.4. The van der Waals surface area contributed by atoms with Gasteiger partial charge >= 0.3 is 6.85 Å². The van der Waals surface area contributed by atoms with Crippen LogP contribution in [0, 0.1) is 6.92 Å². The molecule has 0 N–H and O–H groups in total. The summed E-state index contributed by atoms with van der Waals surface area (Å²) in [6.45, 7) is 27.1. The van der Waals surface area contributed by atoms with E-state index in [4.69, 9.17) is 4.42 Å². The molecule has 3 aliphatic carbocycles. The zero-order chi connectivity index (χ0) is 50.0. The van der Waals surface area contributed by atoms with Gasteiger partial charge in [-0.05, 0) is 175 Å². The number of thiophene rings is 1. The quantitative estimate of drug-likeness (QED) is 0.161. The number of benzene rings is 8. The van der Waals surface area contributed by atoms with Crippen molar-refractivity contribution in [1.29, 1.82) is 0 Å². The maximum absolute atomic E-state index is 7.12. The van der Waals surface area contributed by atoms with Crippen molar-refractivity contribution in [2.24, 2.45) is 0 Å². The first-order valence-electron chi connectivity index (χ1n) is 27.0. The van der Waals surface area contributed by atoms with Crippen molar-refractivity contribution in [2.75, 3.05) is 9.71 Å². The molecule has 73 heavy (non-hydrogen) atoms. The lowest BCUT2D eigenvalue weighted by atomic mass is 9.45. The summed E-state index contributed by atoms with van der Waals surface area (Å²) in [5, 5.41) is 6.15. The molecular weight excluding hydrogens is 904 g/mol. The maximum atomic E-state index is 7.12. The third-order valence-electron chi connectivity index (χ3n) is 19.2. The van der Waals surface area contributed by atoms with Crippen molar-refractivity contribution in [1.82, 2.24) is 0 Å². The molecule has 0 saturated heterocycles. The molecule has 0 spiro atoms. The van der Waals surface area contributed by atoms with Crippen LogP contribution in [0.5, 0.6) is 0 Å². The van der Waals surface area contributed by atoms with E-state index in [1.807, 2.05) is 11.3 Å². The van der Waals surface area contributed by atoms with E-state index < -0.39 is 0 Å². The molecule has 0 fully saturated rings. The first-order chi connectivity index (χ1) is 34.8. The minimum Gasteiger partial charge on any atom is -0.454 e. The number of aryl methyl sites for hydroxylation is 1. The van der Waals surface area contributed by atoms with Crippen molar-refractivity contribution < 1.29 is 4.42 Å². The number of fused-ring (bicyclic) bond motifs is 16. The molecule has 0 radical (unpaired) electrons. The van der Waals surface area contributed by atoms with E-state index in [1.165, 1.54) is 128 Å². The number of rotatable bonds is 2. The Bertz CT molecular complexity index is 4120. The highest BCUT2D eigenvalue weighted by Crippen LogP contribution is 2.61. The van der Waals surface area contributed by atoms with Crippen LogP contribution in [0.1, 0.15) is 134 Å².